The first kappa shape index (κ1) is 16.6. The van der Waals surface area contributed by atoms with Gasteiger partial charge in [-0.05, 0) is 49.2 Å². The predicted octanol–water partition coefficient (Wildman–Crippen LogP) is 2.95. The van der Waals surface area contributed by atoms with Crippen molar-refractivity contribution in [2.24, 2.45) is 0 Å². The fraction of sp³-hybridized carbons (Fsp3) is 0.176. The Bertz CT molecular complexity index is 760. The van der Waals surface area contributed by atoms with Crippen LogP contribution < -0.4 is 10.6 Å². The molecule has 0 aliphatic heterocycles. The minimum atomic E-state index is -1.11. The van der Waals surface area contributed by atoms with Crippen LogP contribution >= 0.6 is 0 Å². The molecule has 0 aliphatic rings. The van der Waals surface area contributed by atoms with E-state index < -0.39 is 23.4 Å². The molecular weight excluding hydrogens is 302 g/mol. The van der Waals surface area contributed by atoms with Gasteiger partial charge in [0.2, 0.25) is 5.91 Å². The van der Waals surface area contributed by atoms with Gasteiger partial charge in [0, 0.05) is 11.3 Å². The molecule has 6 heteroatoms. The third-order valence-electron chi connectivity index (χ3n) is 3.26. The molecule has 0 radical (unpaired) electrons. The molecule has 0 bridgehead atoms. The van der Waals surface area contributed by atoms with Crippen LogP contribution in [0.15, 0.2) is 36.4 Å². The first-order valence-corrected chi connectivity index (χ1v) is 6.97. The Morgan fingerprint density at radius 1 is 1.00 bits per heavy atom. The molecule has 0 saturated carbocycles. The van der Waals surface area contributed by atoms with Crippen molar-refractivity contribution in [3.8, 4) is 0 Å². The summed E-state index contributed by atoms with van der Waals surface area (Å²) in [7, 11) is 0. The van der Waals surface area contributed by atoms with Crippen molar-refractivity contribution in [3.63, 3.8) is 0 Å². The number of nitrogens with one attached hydrogen (secondary N) is 2. The molecule has 2 aromatic carbocycles. The van der Waals surface area contributed by atoms with Gasteiger partial charge in [-0.25, -0.2) is 8.78 Å². The minimum absolute atomic E-state index is 0.0524. The van der Waals surface area contributed by atoms with Gasteiger partial charge in [-0.1, -0.05) is 12.1 Å². The monoisotopic (exact) mass is 318 g/mol. The average molecular weight is 318 g/mol. The molecule has 0 aliphatic carbocycles. The maximum absolute atomic E-state index is 13.1. The molecule has 0 spiro atoms. The summed E-state index contributed by atoms with van der Waals surface area (Å²) in [6, 6.07) is 8.43. The Balaban J connectivity index is 1.94. The predicted molar refractivity (Wildman–Crippen MR) is 83.2 cm³/mol. The normalized spacial score (nSPS) is 10.3. The fourth-order valence-electron chi connectivity index (χ4n) is 1.96. The molecule has 2 N–H and O–H groups in total. The summed E-state index contributed by atoms with van der Waals surface area (Å²) in [6.45, 7) is 3.49. The zero-order chi connectivity index (χ0) is 17.0. The summed E-state index contributed by atoms with van der Waals surface area (Å²) in [5.74, 6) is -3.21. The standard InChI is InChI=1S/C17H16F2N2O2/c1-10-3-4-11(2)15(7-10)21-16(22)9-20-17(23)12-5-6-13(18)14(19)8-12/h3-8H,9H2,1-2H3,(H,20,23)(H,21,22). The molecule has 0 unspecified atom stereocenters. The zero-order valence-electron chi connectivity index (χ0n) is 12.7. The van der Waals surface area contributed by atoms with Crippen molar-refractivity contribution >= 4 is 17.5 Å². The van der Waals surface area contributed by atoms with Crippen molar-refractivity contribution < 1.29 is 18.4 Å². The number of carbonyl (C=O) groups excluding carboxylic acids is 2. The van der Waals surface area contributed by atoms with Crippen LogP contribution in [0.1, 0.15) is 21.5 Å². The summed E-state index contributed by atoms with van der Waals surface area (Å²) >= 11 is 0. The van der Waals surface area contributed by atoms with E-state index in [2.05, 4.69) is 10.6 Å². The number of rotatable bonds is 4. The van der Waals surface area contributed by atoms with Crippen LogP contribution in [0.25, 0.3) is 0 Å². The number of benzene rings is 2. The second-order valence-corrected chi connectivity index (χ2v) is 5.18. The number of amides is 2. The van der Waals surface area contributed by atoms with E-state index in [9.17, 15) is 18.4 Å². The highest BCUT2D eigenvalue weighted by Gasteiger charge is 2.11. The van der Waals surface area contributed by atoms with Crippen molar-refractivity contribution in [3.05, 3.63) is 64.7 Å². The number of halogens is 2. The number of hydrogen-bond donors (Lipinski definition) is 2. The number of carbonyl (C=O) groups is 2. The van der Waals surface area contributed by atoms with E-state index in [1.165, 1.54) is 0 Å². The first-order chi connectivity index (χ1) is 10.9. The van der Waals surface area contributed by atoms with E-state index in [0.29, 0.717) is 5.69 Å². The Labute approximate surface area is 132 Å². The van der Waals surface area contributed by atoms with E-state index in [0.717, 1.165) is 29.3 Å². The van der Waals surface area contributed by atoms with E-state index in [4.69, 9.17) is 0 Å². The molecule has 0 atom stereocenters. The molecule has 0 heterocycles. The summed E-state index contributed by atoms with van der Waals surface area (Å²) in [5.41, 5.74) is 2.51. The van der Waals surface area contributed by atoms with Crippen LogP contribution in [0.3, 0.4) is 0 Å². The smallest absolute Gasteiger partial charge is 0.251 e. The molecule has 0 saturated heterocycles. The largest absolute Gasteiger partial charge is 0.343 e. The highest BCUT2D eigenvalue weighted by Crippen LogP contribution is 2.16. The number of anilines is 1. The molecule has 4 nitrogen and oxygen atoms in total. The lowest BCUT2D eigenvalue weighted by Gasteiger charge is -2.10. The number of hydrogen-bond acceptors (Lipinski definition) is 2. The van der Waals surface area contributed by atoms with Crippen LogP contribution in [0, 0.1) is 25.5 Å². The van der Waals surface area contributed by atoms with Gasteiger partial charge < -0.3 is 10.6 Å². The van der Waals surface area contributed by atoms with Gasteiger partial charge in [0.25, 0.3) is 5.91 Å². The first-order valence-electron chi connectivity index (χ1n) is 6.97. The lowest BCUT2D eigenvalue weighted by Crippen LogP contribution is -2.33. The Morgan fingerprint density at radius 3 is 2.43 bits per heavy atom. The lowest BCUT2D eigenvalue weighted by molar-refractivity contribution is -0.115. The Kier molecular flexibility index (Phi) is 5.05. The van der Waals surface area contributed by atoms with Gasteiger partial charge >= 0.3 is 0 Å². The van der Waals surface area contributed by atoms with Gasteiger partial charge in [0.15, 0.2) is 11.6 Å². The van der Waals surface area contributed by atoms with Crippen LogP contribution in [-0.4, -0.2) is 18.4 Å². The minimum Gasteiger partial charge on any atom is -0.343 e. The average Bonchev–Trinajstić information content (AvgIpc) is 2.51. The molecule has 23 heavy (non-hydrogen) atoms. The van der Waals surface area contributed by atoms with Crippen molar-refractivity contribution in [2.45, 2.75) is 13.8 Å². The second kappa shape index (κ2) is 7.00. The van der Waals surface area contributed by atoms with Gasteiger partial charge in [-0.15, -0.1) is 0 Å². The van der Waals surface area contributed by atoms with E-state index in [-0.39, 0.29) is 12.1 Å². The quantitative estimate of drug-likeness (QED) is 0.910. The fourth-order valence-corrected chi connectivity index (χ4v) is 1.96. The van der Waals surface area contributed by atoms with Crippen LogP contribution in [-0.2, 0) is 4.79 Å². The molecular formula is C17H16F2N2O2. The summed E-state index contributed by atoms with van der Waals surface area (Å²) < 4.78 is 25.9. The third-order valence-corrected chi connectivity index (χ3v) is 3.26. The van der Waals surface area contributed by atoms with Gasteiger partial charge in [0.05, 0.1) is 6.54 Å². The summed E-state index contributed by atoms with van der Waals surface area (Å²) in [4.78, 5) is 23.7. The Hall–Kier alpha value is -2.76. The van der Waals surface area contributed by atoms with Crippen LogP contribution in [0.2, 0.25) is 0 Å². The van der Waals surface area contributed by atoms with E-state index in [1.807, 2.05) is 32.0 Å². The molecule has 2 rings (SSSR count). The van der Waals surface area contributed by atoms with Crippen molar-refractivity contribution in [1.29, 1.82) is 0 Å². The topological polar surface area (TPSA) is 58.2 Å². The van der Waals surface area contributed by atoms with Gasteiger partial charge in [0.1, 0.15) is 0 Å². The molecule has 2 aromatic rings. The number of aryl methyl sites for hydroxylation is 2. The summed E-state index contributed by atoms with van der Waals surface area (Å²) in [6.07, 6.45) is 0. The highest BCUT2D eigenvalue weighted by molar-refractivity contribution is 5.99. The Morgan fingerprint density at radius 2 is 1.74 bits per heavy atom. The molecule has 2 amide bonds. The van der Waals surface area contributed by atoms with E-state index in [1.54, 1.807) is 0 Å². The van der Waals surface area contributed by atoms with E-state index >= 15 is 0 Å². The maximum Gasteiger partial charge on any atom is 0.251 e. The summed E-state index contributed by atoms with van der Waals surface area (Å²) in [5, 5.41) is 5.05. The van der Waals surface area contributed by atoms with Crippen LogP contribution in [0.4, 0.5) is 14.5 Å². The van der Waals surface area contributed by atoms with Crippen LogP contribution in [0.5, 0.6) is 0 Å². The van der Waals surface area contributed by atoms with Crippen molar-refractivity contribution in [2.75, 3.05) is 11.9 Å². The van der Waals surface area contributed by atoms with Gasteiger partial charge in [-0.3, -0.25) is 9.59 Å². The highest BCUT2D eigenvalue weighted by atomic mass is 19.2. The third kappa shape index (κ3) is 4.35. The molecule has 120 valence electrons. The molecule has 0 fully saturated rings. The maximum atomic E-state index is 13.1. The SMILES string of the molecule is Cc1ccc(C)c(NC(=O)CNC(=O)c2ccc(F)c(F)c2)c1. The second-order valence-electron chi connectivity index (χ2n) is 5.18. The van der Waals surface area contributed by atoms with Gasteiger partial charge in [-0.2, -0.15) is 0 Å². The zero-order valence-corrected chi connectivity index (χ0v) is 12.7. The van der Waals surface area contributed by atoms with Crippen molar-refractivity contribution in [1.82, 2.24) is 5.32 Å². The lowest BCUT2D eigenvalue weighted by atomic mass is 10.1. The molecule has 0 aromatic heterocycles.